The quantitative estimate of drug-likeness (QED) is 0.144. The molecule has 0 amide bonds. The monoisotopic (exact) mass is 622 g/mol. The van der Waals surface area contributed by atoms with Crippen molar-refractivity contribution >= 4 is 86.1 Å². The van der Waals surface area contributed by atoms with E-state index < -0.39 is 37.8 Å². The Morgan fingerprint density at radius 3 is 2.26 bits per heavy atom. The van der Waals surface area contributed by atoms with E-state index in [9.17, 15) is 30.3 Å². The first-order valence-electron chi connectivity index (χ1n) is 10.2. The minimum atomic E-state index is -4.72. The van der Waals surface area contributed by atoms with Gasteiger partial charge in [0.2, 0.25) is 5.88 Å². The zero-order valence-electron chi connectivity index (χ0n) is 20.1. The summed E-state index contributed by atoms with van der Waals surface area (Å²) in [4.78, 5) is 2.30. The van der Waals surface area contributed by atoms with Crippen molar-refractivity contribution in [2.45, 2.75) is 10.8 Å². The summed E-state index contributed by atoms with van der Waals surface area (Å²) in [6, 6.07) is 11.3. The van der Waals surface area contributed by atoms with Gasteiger partial charge in [-0.2, -0.15) is 4.57 Å². The number of hydrogen-bond donors (Lipinski definition) is 0. The van der Waals surface area contributed by atoms with Gasteiger partial charge in [0.15, 0.2) is 10.1 Å². The molecule has 4 aromatic rings. The van der Waals surface area contributed by atoms with Crippen LogP contribution in [0, 0.1) is 5.82 Å². The van der Waals surface area contributed by atoms with E-state index in [0.717, 1.165) is 32.6 Å². The molecule has 0 saturated heterocycles. The van der Waals surface area contributed by atoms with Gasteiger partial charge in [-0.3, -0.25) is 0 Å². The van der Waals surface area contributed by atoms with Crippen LogP contribution in [0.3, 0.4) is 0 Å². The molecule has 15 heteroatoms. The maximum atomic E-state index is 13.8. The van der Waals surface area contributed by atoms with Gasteiger partial charge in [-0.25, -0.2) is 21.2 Å². The number of thiazole rings is 1. The maximum absolute atomic E-state index is 13.8. The molecule has 0 fully saturated rings. The third kappa shape index (κ3) is 7.33. The summed E-state index contributed by atoms with van der Waals surface area (Å²) in [6.07, 6.45) is 1.52. The number of rotatable bonds is 5. The van der Waals surface area contributed by atoms with Gasteiger partial charge < -0.3 is 14.0 Å². The zero-order chi connectivity index (χ0) is 27.5. The van der Waals surface area contributed by atoms with Crippen molar-refractivity contribution in [2.75, 3.05) is 10.8 Å². The minimum Gasteiger partial charge on any atom is -0.747 e. The van der Waals surface area contributed by atoms with Crippen molar-refractivity contribution in [1.29, 1.82) is 0 Å². The Hall–Kier alpha value is -1.59. The predicted octanol–water partition coefficient (Wildman–Crippen LogP) is 2.07. The second-order valence-electron chi connectivity index (χ2n) is 7.10. The SMILES string of the molecule is C=C.C=C.O=S(=O)([O-])CN1C(=Cc2sc3c4ccccc4sc3[n+]2CS(=O)(=O)[O-])Sc2ccc(F)cc21.[Na+]. The van der Waals surface area contributed by atoms with Crippen LogP contribution in [0.5, 0.6) is 0 Å². The molecular weight excluding hydrogens is 603 g/mol. The average molecular weight is 623 g/mol. The van der Waals surface area contributed by atoms with Crippen LogP contribution < -0.4 is 39.0 Å². The first-order chi connectivity index (χ1) is 17.5. The number of anilines is 1. The Morgan fingerprint density at radius 2 is 1.63 bits per heavy atom. The van der Waals surface area contributed by atoms with Crippen LogP contribution >= 0.6 is 34.4 Å². The molecule has 8 nitrogen and oxygen atoms in total. The Balaban J connectivity index is 0.000000969. The van der Waals surface area contributed by atoms with Crippen LogP contribution in [0.25, 0.3) is 25.7 Å². The molecule has 38 heavy (non-hydrogen) atoms. The van der Waals surface area contributed by atoms with Crippen LogP contribution in [-0.4, -0.2) is 31.8 Å². The van der Waals surface area contributed by atoms with Gasteiger partial charge in [-0.15, -0.1) is 26.3 Å². The number of thiophene rings is 1. The van der Waals surface area contributed by atoms with Crippen LogP contribution in [0.4, 0.5) is 10.1 Å². The Bertz CT molecular complexity index is 1710. The number of fused-ring (bicyclic) bond motifs is 4. The summed E-state index contributed by atoms with van der Waals surface area (Å²) in [5, 5.41) is 1.57. The normalized spacial score (nSPS) is 13.9. The van der Waals surface area contributed by atoms with Crippen molar-refractivity contribution in [3.05, 3.63) is 84.6 Å². The Morgan fingerprint density at radius 1 is 0.974 bits per heavy atom. The van der Waals surface area contributed by atoms with E-state index in [4.69, 9.17) is 0 Å². The van der Waals surface area contributed by atoms with Gasteiger partial charge >= 0.3 is 29.6 Å². The van der Waals surface area contributed by atoms with E-state index in [0.29, 0.717) is 19.8 Å². The second-order valence-corrected chi connectivity index (χ2v) is 13.0. The Kier molecular flexibility index (Phi) is 11.3. The fourth-order valence-electron chi connectivity index (χ4n) is 3.51. The molecule has 0 atom stereocenters. The summed E-state index contributed by atoms with van der Waals surface area (Å²) in [6.45, 7) is 12.0. The molecule has 0 unspecified atom stereocenters. The van der Waals surface area contributed by atoms with E-state index >= 15 is 0 Å². The minimum absolute atomic E-state index is 0. The molecule has 1 aliphatic rings. The molecular formula is C23H20FN2NaO6S5. The first kappa shape index (κ1) is 32.6. The van der Waals surface area contributed by atoms with Crippen LogP contribution in [0.2, 0.25) is 0 Å². The third-order valence-corrected chi connectivity index (χ3v) is 9.51. The number of nitrogens with zero attached hydrogens (tertiary/aromatic N) is 2. The third-order valence-electron chi connectivity index (χ3n) is 4.76. The molecule has 0 N–H and O–H groups in total. The summed E-state index contributed by atoms with van der Waals surface area (Å²) >= 11 is 3.69. The van der Waals surface area contributed by atoms with Gasteiger partial charge in [0, 0.05) is 15.0 Å². The molecule has 2 aromatic carbocycles. The molecule has 0 aliphatic carbocycles. The van der Waals surface area contributed by atoms with Crippen LogP contribution in [0.15, 0.2) is 78.7 Å². The van der Waals surface area contributed by atoms with E-state index in [-0.39, 0.29) is 35.2 Å². The van der Waals surface area contributed by atoms with Crippen molar-refractivity contribution < 1.29 is 64.5 Å². The predicted molar refractivity (Wildman–Crippen MR) is 147 cm³/mol. The average Bonchev–Trinajstić information content (AvgIpc) is 3.46. The standard InChI is InChI=1S/C19H13FN2O6S5.2C2H4.Na/c20-11-5-6-15-13(7-11)21(9-32(23,24)25)16(29-15)8-17-22(10-33(26,27)28)19-18(31-17)12-3-1-2-4-14(12)30-19;2*1-2;/h1-8H,9-10H2,(H-,23,24,25,26,27,28);2*1-2H2;/q;;;+1/p-1. The molecule has 1 aliphatic heterocycles. The van der Waals surface area contributed by atoms with E-state index in [1.54, 1.807) is 0 Å². The molecule has 196 valence electrons. The van der Waals surface area contributed by atoms with Crippen molar-refractivity contribution in [2.24, 2.45) is 0 Å². The molecule has 2 aromatic heterocycles. The van der Waals surface area contributed by atoms with E-state index in [1.165, 1.54) is 50.3 Å². The molecule has 0 spiro atoms. The van der Waals surface area contributed by atoms with Crippen LogP contribution in [-0.2, 0) is 26.1 Å². The van der Waals surface area contributed by atoms with E-state index in [2.05, 4.69) is 26.3 Å². The fourth-order valence-corrected chi connectivity index (χ4v) is 8.70. The summed E-state index contributed by atoms with van der Waals surface area (Å²) in [5.74, 6) is -2.34. The summed E-state index contributed by atoms with van der Waals surface area (Å²) in [5.41, 5.74) is 0.220. The molecule has 0 saturated carbocycles. The smallest absolute Gasteiger partial charge is 0.747 e. The van der Waals surface area contributed by atoms with Crippen molar-refractivity contribution in [3.8, 4) is 0 Å². The van der Waals surface area contributed by atoms with Gasteiger partial charge in [-0.05, 0) is 24.3 Å². The Labute approximate surface area is 254 Å². The fraction of sp³-hybridized carbons (Fsp3) is 0.0870. The van der Waals surface area contributed by atoms with Crippen molar-refractivity contribution in [1.82, 2.24) is 0 Å². The van der Waals surface area contributed by atoms with Gasteiger partial charge in [0.25, 0.3) is 9.84 Å². The molecule has 0 radical (unpaired) electrons. The van der Waals surface area contributed by atoms with Gasteiger partial charge in [0.05, 0.1) is 16.8 Å². The summed E-state index contributed by atoms with van der Waals surface area (Å²) < 4.78 is 86.4. The number of halogens is 1. The van der Waals surface area contributed by atoms with Crippen molar-refractivity contribution in [3.63, 3.8) is 0 Å². The van der Waals surface area contributed by atoms with E-state index in [1.807, 2.05) is 24.3 Å². The van der Waals surface area contributed by atoms with Gasteiger partial charge in [-0.1, -0.05) is 52.6 Å². The van der Waals surface area contributed by atoms with Crippen LogP contribution in [0.1, 0.15) is 5.01 Å². The molecule has 5 rings (SSSR count). The van der Waals surface area contributed by atoms with Gasteiger partial charge in [0.1, 0.15) is 26.5 Å². The maximum Gasteiger partial charge on any atom is 1.00 e. The second kappa shape index (κ2) is 13.2. The zero-order valence-corrected chi connectivity index (χ0v) is 26.2. The number of thioether (sulfide) groups is 1. The number of hydrogen-bond acceptors (Lipinski definition) is 10. The molecule has 3 heterocycles. The molecule has 0 bridgehead atoms. The topological polar surface area (TPSA) is 122 Å². The number of aromatic nitrogens is 1. The largest absolute Gasteiger partial charge is 1.00 e. The first-order valence-corrected chi connectivity index (χ1v) is 15.8. The summed E-state index contributed by atoms with van der Waals surface area (Å²) in [7, 11) is -9.37. The number of benzene rings is 2.